The predicted octanol–water partition coefficient (Wildman–Crippen LogP) is -0.403. The zero-order chi connectivity index (χ0) is 11.6. The molecule has 0 radical (unpaired) electrons. The Morgan fingerprint density at radius 3 is 1.53 bits per heavy atom. The van der Waals surface area contributed by atoms with Crippen LogP contribution < -0.4 is 0 Å². The molecule has 86 valence electrons. The molecule has 1 aliphatic rings. The highest BCUT2D eigenvalue weighted by Gasteiger charge is 2.37. The van der Waals surface area contributed by atoms with E-state index < -0.39 is 33.6 Å². The summed E-state index contributed by atoms with van der Waals surface area (Å²) < 4.78 is 22.4. The van der Waals surface area contributed by atoms with Gasteiger partial charge < -0.3 is 10.2 Å². The van der Waals surface area contributed by atoms with Crippen LogP contribution in [0.25, 0.3) is 0 Å². The van der Waals surface area contributed by atoms with E-state index in [1.165, 1.54) is 0 Å². The minimum absolute atomic E-state index is 0.116. The van der Waals surface area contributed by atoms with Crippen molar-refractivity contribution in [2.24, 2.45) is 11.8 Å². The Labute approximate surface area is 86.8 Å². The highest BCUT2D eigenvalue weighted by Crippen LogP contribution is 2.25. The maximum Gasteiger partial charge on any atom is 0.307 e. The fourth-order valence-electron chi connectivity index (χ4n) is 1.71. The van der Waals surface area contributed by atoms with E-state index in [1.807, 2.05) is 0 Å². The molecule has 0 amide bonds. The molecule has 0 aromatic heterocycles. The molecule has 0 bridgehead atoms. The Morgan fingerprint density at radius 2 is 1.27 bits per heavy atom. The van der Waals surface area contributed by atoms with Crippen molar-refractivity contribution < 1.29 is 28.2 Å². The van der Waals surface area contributed by atoms with Gasteiger partial charge in [0.05, 0.1) is 23.3 Å². The van der Waals surface area contributed by atoms with Gasteiger partial charge in [-0.2, -0.15) is 0 Å². The van der Waals surface area contributed by atoms with Crippen molar-refractivity contribution in [3.8, 4) is 0 Å². The number of carboxylic acids is 2. The van der Waals surface area contributed by atoms with E-state index in [1.54, 1.807) is 0 Å². The van der Waals surface area contributed by atoms with E-state index in [0.717, 1.165) is 0 Å². The van der Waals surface area contributed by atoms with Gasteiger partial charge in [0.1, 0.15) is 9.84 Å². The van der Waals surface area contributed by atoms with Gasteiger partial charge in [0, 0.05) is 0 Å². The standard InChI is InChI=1S/C8H12O6S/c9-7(10)5-1-3-15(13,14)4-2-6(5)8(11)12/h5-6H,1-4H2,(H,9,10)(H,11,12). The minimum atomic E-state index is -3.28. The van der Waals surface area contributed by atoms with E-state index >= 15 is 0 Å². The summed E-state index contributed by atoms with van der Waals surface area (Å²) in [6, 6.07) is 0. The van der Waals surface area contributed by atoms with Crippen molar-refractivity contribution in [2.45, 2.75) is 12.8 Å². The molecule has 0 aliphatic carbocycles. The molecule has 1 saturated heterocycles. The normalized spacial score (nSPS) is 30.4. The Hall–Kier alpha value is -1.11. The summed E-state index contributed by atoms with van der Waals surface area (Å²) in [4.78, 5) is 21.5. The molecule has 0 aromatic rings. The van der Waals surface area contributed by atoms with Crippen LogP contribution in [0.3, 0.4) is 0 Å². The van der Waals surface area contributed by atoms with Gasteiger partial charge in [-0.15, -0.1) is 0 Å². The number of rotatable bonds is 2. The molecule has 1 fully saturated rings. The first-order valence-corrected chi connectivity index (χ1v) is 6.31. The molecule has 0 saturated carbocycles. The summed E-state index contributed by atoms with van der Waals surface area (Å²) in [5.41, 5.74) is 0. The smallest absolute Gasteiger partial charge is 0.307 e. The van der Waals surface area contributed by atoms with Crippen LogP contribution in [0, 0.1) is 11.8 Å². The lowest BCUT2D eigenvalue weighted by Crippen LogP contribution is -2.29. The number of aliphatic carboxylic acids is 2. The third-order valence-corrected chi connectivity index (χ3v) is 4.32. The molecule has 15 heavy (non-hydrogen) atoms. The average molecular weight is 236 g/mol. The monoisotopic (exact) mass is 236 g/mol. The third kappa shape index (κ3) is 2.92. The van der Waals surface area contributed by atoms with Crippen LogP contribution in [-0.2, 0) is 19.4 Å². The van der Waals surface area contributed by atoms with Crippen molar-refractivity contribution in [1.82, 2.24) is 0 Å². The fourth-order valence-corrected chi connectivity index (χ4v) is 3.14. The van der Waals surface area contributed by atoms with Crippen LogP contribution in [-0.4, -0.2) is 42.1 Å². The Kier molecular flexibility index (Phi) is 3.33. The van der Waals surface area contributed by atoms with Crippen molar-refractivity contribution in [3.05, 3.63) is 0 Å². The second-order valence-electron chi connectivity index (χ2n) is 3.62. The molecule has 1 aliphatic heterocycles. The van der Waals surface area contributed by atoms with Crippen molar-refractivity contribution in [3.63, 3.8) is 0 Å². The highest BCUT2D eigenvalue weighted by molar-refractivity contribution is 7.91. The van der Waals surface area contributed by atoms with E-state index in [0.29, 0.717) is 0 Å². The van der Waals surface area contributed by atoms with Crippen LogP contribution >= 0.6 is 0 Å². The lowest BCUT2D eigenvalue weighted by atomic mass is 9.88. The van der Waals surface area contributed by atoms with Crippen LogP contribution in [0.4, 0.5) is 0 Å². The summed E-state index contributed by atoms with van der Waals surface area (Å²) in [6.45, 7) is 0. The van der Waals surface area contributed by atoms with Crippen LogP contribution in [0.15, 0.2) is 0 Å². The number of sulfone groups is 1. The van der Waals surface area contributed by atoms with Crippen LogP contribution in [0.2, 0.25) is 0 Å². The molecule has 0 spiro atoms. The van der Waals surface area contributed by atoms with Crippen molar-refractivity contribution in [2.75, 3.05) is 11.5 Å². The lowest BCUT2D eigenvalue weighted by molar-refractivity contribution is -0.153. The molecule has 2 atom stereocenters. The van der Waals surface area contributed by atoms with Gasteiger partial charge in [-0.3, -0.25) is 9.59 Å². The second-order valence-corrected chi connectivity index (χ2v) is 5.92. The summed E-state index contributed by atoms with van der Waals surface area (Å²) in [5.74, 6) is -5.15. The first-order valence-electron chi connectivity index (χ1n) is 4.49. The average Bonchev–Trinajstić information content (AvgIpc) is 2.23. The highest BCUT2D eigenvalue weighted by atomic mass is 32.2. The molecule has 2 unspecified atom stereocenters. The summed E-state index contributed by atoms with van der Waals surface area (Å²) in [5, 5.41) is 17.6. The maximum atomic E-state index is 11.2. The van der Waals surface area contributed by atoms with E-state index in [2.05, 4.69) is 0 Å². The van der Waals surface area contributed by atoms with Gasteiger partial charge >= 0.3 is 11.9 Å². The summed E-state index contributed by atoms with van der Waals surface area (Å²) in [6.07, 6.45) is -0.233. The van der Waals surface area contributed by atoms with Gasteiger partial charge in [-0.25, -0.2) is 8.42 Å². The molecular weight excluding hydrogens is 224 g/mol. The van der Waals surface area contributed by atoms with E-state index in [-0.39, 0.29) is 24.3 Å². The second kappa shape index (κ2) is 4.18. The van der Waals surface area contributed by atoms with Crippen LogP contribution in [0.1, 0.15) is 12.8 Å². The summed E-state index contributed by atoms with van der Waals surface area (Å²) in [7, 11) is -3.28. The van der Waals surface area contributed by atoms with E-state index in [9.17, 15) is 18.0 Å². The van der Waals surface area contributed by atoms with Gasteiger partial charge in [-0.1, -0.05) is 0 Å². The van der Waals surface area contributed by atoms with Gasteiger partial charge in [0.15, 0.2) is 0 Å². The lowest BCUT2D eigenvalue weighted by Gasteiger charge is -2.15. The number of hydrogen-bond acceptors (Lipinski definition) is 4. The van der Waals surface area contributed by atoms with Gasteiger partial charge in [-0.05, 0) is 12.8 Å². The zero-order valence-electron chi connectivity index (χ0n) is 7.92. The topological polar surface area (TPSA) is 109 Å². The van der Waals surface area contributed by atoms with Crippen molar-refractivity contribution in [1.29, 1.82) is 0 Å². The number of carboxylic acid groups (broad SMARTS) is 2. The minimum Gasteiger partial charge on any atom is -0.481 e. The quantitative estimate of drug-likeness (QED) is 0.675. The molecule has 7 heteroatoms. The third-order valence-electron chi connectivity index (χ3n) is 2.60. The van der Waals surface area contributed by atoms with Crippen LogP contribution in [0.5, 0.6) is 0 Å². The molecule has 6 nitrogen and oxygen atoms in total. The molecule has 2 N–H and O–H groups in total. The molecular formula is C8H12O6S. The van der Waals surface area contributed by atoms with Gasteiger partial charge in [0.25, 0.3) is 0 Å². The fraction of sp³-hybridized carbons (Fsp3) is 0.750. The molecule has 0 aromatic carbocycles. The first-order chi connectivity index (χ1) is 6.83. The largest absolute Gasteiger partial charge is 0.481 e. The van der Waals surface area contributed by atoms with Gasteiger partial charge in [0.2, 0.25) is 0 Å². The Balaban J connectivity index is 2.93. The Morgan fingerprint density at radius 1 is 0.933 bits per heavy atom. The van der Waals surface area contributed by atoms with Crippen molar-refractivity contribution >= 4 is 21.8 Å². The molecule has 1 rings (SSSR count). The predicted molar refractivity (Wildman–Crippen MR) is 50.1 cm³/mol. The zero-order valence-corrected chi connectivity index (χ0v) is 8.74. The Bertz CT molecular complexity index is 341. The molecule has 1 heterocycles. The first kappa shape index (κ1) is 12.0. The van der Waals surface area contributed by atoms with E-state index in [4.69, 9.17) is 10.2 Å². The number of carbonyl (C=O) groups is 2. The SMILES string of the molecule is O=C(O)C1CCS(=O)(=O)CCC1C(=O)O. The number of hydrogen-bond donors (Lipinski definition) is 2. The summed E-state index contributed by atoms with van der Waals surface area (Å²) >= 11 is 0. The maximum absolute atomic E-state index is 11.2.